The summed E-state index contributed by atoms with van der Waals surface area (Å²) in [7, 11) is 0. The van der Waals surface area contributed by atoms with Gasteiger partial charge in [0.2, 0.25) is 0 Å². The molecule has 1 atom stereocenters. The summed E-state index contributed by atoms with van der Waals surface area (Å²) in [6.07, 6.45) is -0.562. The minimum atomic E-state index is -0.760. The van der Waals surface area contributed by atoms with E-state index >= 15 is 0 Å². The number of thiol groups is 3. The summed E-state index contributed by atoms with van der Waals surface area (Å²) in [5.74, 6) is -0.277. The molecule has 3 nitrogen and oxygen atoms in total. The Kier molecular flexibility index (Phi) is 6.31. The molecular formula is C5H10O3S3. The van der Waals surface area contributed by atoms with E-state index in [1.165, 1.54) is 0 Å². The van der Waals surface area contributed by atoms with Crippen LogP contribution < -0.4 is 0 Å². The number of carbonyl (C=O) groups excluding carboxylic acids is 1. The molecule has 0 heterocycles. The predicted molar refractivity (Wildman–Crippen MR) is 52.6 cm³/mol. The minimum absolute atomic E-state index is 0.233. The summed E-state index contributed by atoms with van der Waals surface area (Å²) < 4.78 is 3.93. The Morgan fingerprint density at radius 2 is 2.09 bits per heavy atom. The molecule has 0 aliphatic carbocycles. The van der Waals surface area contributed by atoms with Crippen molar-refractivity contribution < 1.29 is 14.6 Å². The van der Waals surface area contributed by atoms with Gasteiger partial charge in [-0.1, -0.05) is 0 Å². The van der Waals surface area contributed by atoms with Crippen LogP contribution in [0.2, 0.25) is 0 Å². The maximum atomic E-state index is 10.8. The second-order valence-electron chi connectivity index (χ2n) is 1.80. The molecule has 0 bridgehead atoms. The summed E-state index contributed by atoms with van der Waals surface area (Å²) >= 11 is 11.3. The Hall–Kier alpha value is 0.480. The molecule has 1 unspecified atom stereocenters. The zero-order valence-electron chi connectivity index (χ0n) is 5.67. The number of aliphatic hydroxyl groups excluding tert-OH is 1. The molecular weight excluding hydrogens is 204 g/mol. The Balaban J connectivity index is 3.72. The van der Waals surface area contributed by atoms with Crippen molar-refractivity contribution in [3.63, 3.8) is 0 Å². The second kappa shape index (κ2) is 6.05. The molecule has 6 heteroatoms. The van der Waals surface area contributed by atoms with E-state index in [2.05, 4.69) is 37.9 Å². The average Bonchev–Trinajstić information content (AvgIpc) is 1.99. The molecule has 0 radical (unpaired) electrons. The molecule has 0 amide bonds. The van der Waals surface area contributed by atoms with Crippen LogP contribution in [0.15, 0.2) is 0 Å². The van der Waals surface area contributed by atoms with Gasteiger partial charge in [0.15, 0.2) is 0 Å². The van der Waals surface area contributed by atoms with Crippen LogP contribution >= 0.6 is 37.9 Å². The van der Waals surface area contributed by atoms with Crippen LogP contribution in [0.5, 0.6) is 0 Å². The van der Waals surface area contributed by atoms with Crippen molar-refractivity contribution in [3.05, 3.63) is 0 Å². The van der Waals surface area contributed by atoms with Gasteiger partial charge in [0.1, 0.15) is 10.7 Å². The average molecular weight is 214 g/mol. The van der Waals surface area contributed by atoms with E-state index in [-0.39, 0.29) is 12.4 Å². The van der Waals surface area contributed by atoms with Crippen LogP contribution in [0.1, 0.15) is 0 Å². The summed E-state index contributed by atoms with van der Waals surface area (Å²) in [5.41, 5.74) is 0. The van der Waals surface area contributed by atoms with Gasteiger partial charge in [-0.2, -0.15) is 37.9 Å². The largest absolute Gasteiger partial charge is 0.458 e. The Morgan fingerprint density at radius 1 is 1.55 bits per heavy atom. The highest BCUT2D eigenvalue weighted by atomic mass is 32.2. The molecule has 1 N–H and O–H groups in total. The van der Waals surface area contributed by atoms with Crippen molar-refractivity contribution in [1.82, 2.24) is 0 Å². The maximum absolute atomic E-state index is 10.8. The molecule has 0 aromatic carbocycles. The number of carbonyl (C=O) groups is 1. The SMILES string of the molecule is O=C(OC(CO)CS)C(S)S. The van der Waals surface area contributed by atoms with Crippen LogP contribution in [0.25, 0.3) is 0 Å². The van der Waals surface area contributed by atoms with Crippen LogP contribution in [-0.4, -0.2) is 34.1 Å². The summed E-state index contributed by atoms with van der Waals surface area (Å²) in [4.78, 5) is 10.8. The van der Waals surface area contributed by atoms with Crippen LogP contribution in [0.4, 0.5) is 0 Å². The van der Waals surface area contributed by atoms with Crippen LogP contribution in [0, 0.1) is 0 Å². The molecule has 0 spiro atoms. The van der Waals surface area contributed by atoms with E-state index in [9.17, 15) is 4.79 Å². The first-order valence-electron chi connectivity index (χ1n) is 2.90. The lowest BCUT2D eigenvalue weighted by Crippen LogP contribution is -2.26. The van der Waals surface area contributed by atoms with Gasteiger partial charge in [0.05, 0.1) is 6.61 Å². The molecule has 0 fully saturated rings. The fraction of sp³-hybridized carbons (Fsp3) is 0.800. The van der Waals surface area contributed by atoms with E-state index in [0.717, 1.165) is 0 Å². The van der Waals surface area contributed by atoms with Crippen LogP contribution in [-0.2, 0) is 9.53 Å². The summed E-state index contributed by atoms with van der Waals surface area (Å²) in [6, 6.07) is 0. The van der Waals surface area contributed by atoms with Crippen molar-refractivity contribution >= 4 is 43.9 Å². The third-order valence-corrected chi connectivity index (χ3v) is 1.73. The predicted octanol–water partition coefficient (Wildman–Crippen LogP) is 0.00600. The smallest absolute Gasteiger partial charge is 0.329 e. The second-order valence-corrected chi connectivity index (χ2v) is 3.60. The Bertz CT molecular complexity index is 124. The molecule has 66 valence electrons. The van der Waals surface area contributed by atoms with Gasteiger partial charge in [-0.05, 0) is 0 Å². The molecule has 0 aromatic rings. The Morgan fingerprint density at radius 3 is 2.36 bits per heavy atom. The minimum Gasteiger partial charge on any atom is -0.458 e. The van der Waals surface area contributed by atoms with Crippen molar-refractivity contribution in [2.24, 2.45) is 0 Å². The first kappa shape index (κ1) is 11.5. The number of esters is 1. The van der Waals surface area contributed by atoms with E-state index in [4.69, 9.17) is 9.84 Å². The van der Waals surface area contributed by atoms with Gasteiger partial charge in [0.25, 0.3) is 0 Å². The number of ether oxygens (including phenoxy) is 1. The third kappa shape index (κ3) is 4.84. The molecule has 0 aliphatic heterocycles. The number of hydrogen-bond acceptors (Lipinski definition) is 6. The zero-order valence-corrected chi connectivity index (χ0v) is 8.36. The standard InChI is InChI=1S/C5H10O3S3/c6-1-3(2-9)8-4(7)5(10)11/h3,5-6,9-11H,1-2H2. The maximum Gasteiger partial charge on any atom is 0.329 e. The first-order chi connectivity index (χ1) is 5.11. The third-order valence-electron chi connectivity index (χ3n) is 0.901. The van der Waals surface area contributed by atoms with E-state index in [1.54, 1.807) is 0 Å². The van der Waals surface area contributed by atoms with E-state index in [1.807, 2.05) is 0 Å². The lowest BCUT2D eigenvalue weighted by atomic mass is 10.4. The van der Waals surface area contributed by atoms with E-state index < -0.39 is 16.7 Å². The van der Waals surface area contributed by atoms with Gasteiger partial charge in [-0.3, -0.25) is 0 Å². The van der Waals surface area contributed by atoms with Crippen molar-refractivity contribution in [3.8, 4) is 0 Å². The topological polar surface area (TPSA) is 46.5 Å². The quantitative estimate of drug-likeness (QED) is 0.303. The van der Waals surface area contributed by atoms with Gasteiger partial charge in [-0.25, -0.2) is 4.79 Å². The van der Waals surface area contributed by atoms with E-state index in [0.29, 0.717) is 0 Å². The van der Waals surface area contributed by atoms with Crippen molar-refractivity contribution in [2.75, 3.05) is 12.4 Å². The van der Waals surface area contributed by atoms with Crippen LogP contribution in [0.3, 0.4) is 0 Å². The lowest BCUT2D eigenvalue weighted by Gasteiger charge is -2.13. The fourth-order valence-corrected chi connectivity index (χ4v) is 0.669. The zero-order chi connectivity index (χ0) is 8.85. The highest BCUT2D eigenvalue weighted by molar-refractivity contribution is 8.00. The number of hydrogen-bond donors (Lipinski definition) is 4. The molecule has 0 aromatic heterocycles. The Labute approximate surface area is 81.7 Å². The molecule has 0 saturated heterocycles. The molecule has 0 rings (SSSR count). The molecule has 0 saturated carbocycles. The van der Waals surface area contributed by atoms with Crippen molar-refractivity contribution in [2.45, 2.75) is 10.7 Å². The number of aliphatic hydroxyl groups is 1. The van der Waals surface area contributed by atoms with Gasteiger partial charge in [-0.15, -0.1) is 0 Å². The van der Waals surface area contributed by atoms with Gasteiger partial charge >= 0.3 is 5.97 Å². The lowest BCUT2D eigenvalue weighted by molar-refractivity contribution is -0.147. The summed E-state index contributed by atoms with van der Waals surface area (Å²) in [5, 5.41) is 8.58. The fourth-order valence-electron chi connectivity index (χ4n) is 0.357. The number of rotatable bonds is 4. The highest BCUT2D eigenvalue weighted by Crippen LogP contribution is 2.05. The van der Waals surface area contributed by atoms with Crippen molar-refractivity contribution in [1.29, 1.82) is 0 Å². The monoisotopic (exact) mass is 214 g/mol. The summed E-state index contributed by atoms with van der Waals surface area (Å²) in [6.45, 7) is -0.233. The molecule has 11 heavy (non-hydrogen) atoms. The molecule has 0 aliphatic rings. The normalized spacial score (nSPS) is 13.2. The first-order valence-corrected chi connectivity index (χ1v) is 4.56. The highest BCUT2D eigenvalue weighted by Gasteiger charge is 2.15. The van der Waals surface area contributed by atoms with Gasteiger partial charge < -0.3 is 9.84 Å². The van der Waals surface area contributed by atoms with Gasteiger partial charge in [0, 0.05) is 5.75 Å².